The van der Waals surface area contributed by atoms with Gasteiger partial charge in [0.15, 0.2) is 0 Å². The number of benzene rings is 1. The number of rotatable bonds is 5. The van der Waals surface area contributed by atoms with Crippen LogP contribution < -0.4 is 10.1 Å². The third-order valence-electron chi connectivity index (χ3n) is 3.79. The second-order valence-electron chi connectivity index (χ2n) is 5.37. The summed E-state index contributed by atoms with van der Waals surface area (Å²) in [6.45, 7) is 3.77. The van der Waals surface area contributed by atoms with Gasteiger partial charge in [0.25, 0.3) is 0 Å². The number of carbonyl (C=O) groups is 2. The zero-order chi connectivity index (χ0) is 15.9. The lowest BCUT2D eigenvalue weighted by Gasteiger charge is -2.30. The summed E-state index contributed by atoms with van der Waals surface area (Å²) in [6.07, 6.45) is 1.45. The first kappa shape index (κ1) is 16.6. The predicted molar refractivity (Wildman–Crippen MR) is 84.9 cm³/mol. The van der Waals surface area contributed by atoms with Crippen LogP contribution in [0, 0.1) is 5.92 Å². The largest absolute Gasteiger partial charge is 0.492 e. The third kappa shape index (κ3) is 4.91. The molecule has 1 aliphatic heterocycles. The van der Waals surface area contributed by atoms with E-state index in [2.05, 4.69) is 5.32 Å². The predicted octanol–water partition coefficient (Wildman–Crippen LogP) is 2.09. The number of hydrogen-bond donors (Lipinski definition) is 1. The van der Waals surface area contributed by atoms with Crippen LogP contribution in [0.4, 0.5) is 0 Å². The Balaban J connectivity index is 1.64. The number of amides is 2. The van der Waals surface area contributed by atoms with Gasteiger partial charge in [-0.25, -0.2) is 0 Å². The normalized spacial score (nSPS) is 15.5. The van der Waals surface area contributed by atoms with E-state index in [4.69, 9.17) is 16.3 Å². The molecule has 1 aliphatic rings. The Morgan fingerprint density at radius 2 is 1.91 bits per heavy atom. The summed E-state index contributed by atoms with van der Waals surface area (Å²) < 4.78 is 5.52. The van der Waals surface area contributed by atoms with E-state index < -0.39 is 0 Å². The van der Waals surface area contributed by atoms with Gasteiger partial charge < -0.3 is 15.0 Å². The highest BCUT2D eigenvalue weighted by molar-refractivity contribution is 6.30. The van der Waals surface area contributed by atoms with Crippen molar-refractivity contribution in [2.24, 2.45) is 5.92 Å². The molecule has 22 heavy (non-hydrogen) atoms. The van der Waals surface area contributed by atoms with E-state index in [-0.39, 0.29) is 17.7 Å². The fourth-order valence-electron chi connectivity index (χ4n) is 2.47. The van der Waals surface area contributed by atoms with Crippen molar-refractivity contribution in [2.75, 3.05) is 26.2 Å². The smallest absolute Gasteiger partial charge is 0.223 e. The molecule has 0 aromatic heterocycles. The Hall–Kier alpha value is -1.75. The minimum Gasteiger partial charge on any atom is -0.492 e. The van der Waals surface area contributed by atoms with Crippen LogP contribution in [0.5, 0.6) is 5.75 Å². The van der Waals surface area contributed by atoms with Crippen LogP contribution in [-0.4, -0.2) is 43.0 Å². The molecule has 1 heterocycles. The number of likely N-dealkylation sites (tertiary alicyclic amines) is 1. The lowest BCUT2D eigenvalue weighted by Crippen LogP contribution is -2.42. The Bertz CT molecular complexity index is 511. The number of ether oxygens (including phenoxy) is 1. The lowest BCUT2D eigenvalue weighted by molar-refractivity contribution is -0.133. The van der Waals surface area contributed by atoms with Crippen molar-refractivity contribution in [1.82, 2.24) is 10.2 Å². The van der Waals surface area contributed by atoms with E-state index >= 15 is 0 Å². The Morgan fingerprint density at radius 1 is 1.27 bits per heavy atom. The maximum Gasteiger partial charge on any atom is 0.223 e. The van der Waals surface area contributed by atoms with Crippen molar-refractivity contribution in [3.05, 3.63) is 29.3 Å². The Labute approximate surface area is 135 Å². The zero-order valence-corrected chi connectivity index (χ0v) is 13.4. The van der Waals surface area contributed by atoms with Gasteiger partial charge in [0, 0.05) is 31.0 Å². The van der Waals surface area contributed by atoms with Crippen LogP contribution in [0.3, 0.4) is 0 Å². The van der Waals surface area contributed by atoms with Gasteiger partial charge in [-0.2, -0.15) is 0 Å². The van der Waals surface area contributed by atoms with E-state index in [0.717, 1.165) is 18.6 Å². The fourth-order valence-corrected chi connectivity index (χ4v) is 2.60. The summed E-state index contributed by atoms with van der Waals surface area (Å²) in [6, 6.07) is 7.11. The van der Waals surface area contributed by atoms with Crippen molar-refractivity contribution >= 4 is 23.4 Å². The van der Waals surface area contributed by atoms with Gasteiger partial charge in [-0.05, 0) is 37.1 Å². The number of carbonyl (C=O) groups excluding carboxylic acids is 2. The summed E-state index contributed by atoms with van der Waals surface area (Å²) in [4.78, 5) is 25.1. The topological polar surface area (TPSA) is 58.6 Å². The molecule has 5 nitrogen and oxygen atoms in total. The number of halogens is 1. The first-order valence-electron chi connectivity index (χ1n) is 7.48. The van der Waals surface area contributed by atoms with Crippen LogP contribution in [0.2, 0.25) is 5.02 Å². The molecule has 0 saturated carbocycles. The fraction of sp³-hybridized carbons (Fsp3) is 0.500. The quantitative estimate of drug-likeness (QED) is 0.844. The molecule has 6 heteroatoms. The van der Waals surface area contributed by atoms with Gasteiger partial charge in [0.05, 0.1) is 6.54 Å². The maximum atomic E-state index is 12.0. The molecule has 0 atom stereocenters. The molecule has 1 aromatic rings. The number of piperidine rings is 1. The summed E-state index contributed by atoms with van der Waals surface area (Å²) in [5.74, 6) is 0.845. The summed E-state index contributed by atoms with van der Waals surface area (Å²) >= 11 is 5.79. The van der Waals surface area contributed by atoms with Crippen LogP contribution in [0.25, 0.3) is 0 Å². The van der Waals surface area contributed by atoms with Gasteiger partial charge in [0.2, 0.25) is 11.8 Å². The number of nitrogens with one attached hydrogen (secondary N) is 1. The number of hydrogen-bond acceptors (Lipinski definition) is 3. The molecular weight excluding hydrogens is 304 g/mol. The first-order chi connectivity index (χ1) is 10.6. The SMILES string of the molecule is CC(=O)N1CCC(C(=O)NCCOc2ccc(Cl)cc2)CC1. The molecule has 1 N–H and O–H groups in total. The molecule has 1 aromatic carbocycles. The van der Waals surface area contributed by atoms with Crippen molar-refractivity contribution in [1.29, 1.82) is 0 Å². The minimum atomic E-state index is -0.00821. The van der Waals surface area contributed by atoms with Gasteiger partial charge in [-0.15, -0.1) is 0 Å². The summed E-state index contributed by atoms with van der Waals surface area (Å²) in [5, 5.41) is 3.55. The average molecular weight is 325 g/mol. The number of nitrogens with zero attached hydrogens (tertiary/aromatic N) is 1. The molecule has 1 saturated heterocycles. The third-order valence-corrected chi connectivity index (χ3v) is 4.05. The van der Waals surface area contributed by atoms with E-state index in [1.807, 2.05) is 0 Å². The van der Waals surface area contributed by atoms with Gasteiger partial charge in [-0.1, -0.05) is 11.6 Å². The van der Waals surface area contributed by atoms with Crippen molar-refractivity contribution in [3.63, 3.8) is 0 Å². The van der Waals surface area contributed by atoms with Crippen molar-refractivity contribution in [3.8, 4) is 5.75 Å². The highest BCUT2D eigenvalue weighted by Crippen LogP contribution is 2.17. The van der Waals surface area contributed by atoms with E-state index in [1.54, 1.807) is 36.1 Å². The van der Waals surface area contributed by atoms with Crippen LogP contribution in [0.15, 0.2) is 24.3 Å². The maximum absolute atomic E-state index is 12.0. The standard InChI is InChI=1S/C16H21ClN2O3/c1-12(20)19-9-6-13(7-10-19)16(21)18-8-11-22-15-4-2-14(17)3-5-15/h2-5,13H,6-11H2,1H3,(H,18,21). The highest BCUT2D eigenvalue weighted by atomic mass is 35.5. The van der Waals surface area contributed by atoms with E-state index in [0.29, 0.717) is 31.3 Å². The monoisotopic (exact) mass is 324 g/mol. The van der Waals surface area contributed by atoms with Gasteiger partial charge >= 0.3 is 0 Å². The summed E-state index contributed by atoms with van der Waals surface area (Å²) in [5.41, 5.74) is 0. The first-order valence-corrected chi connectivity index (χ1v) is 7.85. The molecule has 2 amide bonds. The van der Waals surface area contributed by atoms with Crippen LogP contribution in [-0.2, 0) is 9.59 Å². The lowest BCUT2D eigenvalue weighted by atomic mass is 9.96. The second-order valence-corrected chi connectivity index (χ2v) is 5.81. The molecule has 0 unspecified atom stereocenters. The Kier molecular flexibility index (Phi) is 6.07. The van der Waals surface area contributed by atoms with E-state index in [9.17, 15) is 9.59 Å². The van der Waals surface area contributed by atoms with Crippen LogP contribution in [0.1, 0.15) is 19.8 Å². The second kappa shape index (κ2) is 8.03. The molecule has 2 rings (SSSR count). The Morgan fingerprint density at radius 3 is 2.50 bits per heavy atom. The van der Waals surface area contributed by atoms with Gasteiger partial charge in [-0.3, -0.25) is 9.59 Å². The highest BCUT2D eigenvalue weighted by Gasteiger charge is 2.25. The molecule has 0 spiro atoms. The van der Waals surface area contributed by atoms with Gasteiger partial charge in [0.1, 0.15) is 12.4 Å². The van der Waals surface area contributed by atoms with Crippen molar-refractivity contribution in [2.45, 2.75) is 19.8 Å². The van der Waals surface area contributed by atoms with Crippen molar-refractivity contribution < 1.29 is 14.3 Å². The molecule has 120 valence electrons. The average Bonchev–Trinajstić information content (AvgIpc) is 2.53. The zero-order valence-electron chi connectivity index (χ0n) is 12.7. The molecular formula is C16H21ClN2O3. The molecule has 0 aliphatic carbocycles. The summed E-state index contributed by atoms with van der Waals surface area (Å²) in [7, 11) is 0. The van der Waals surface area contributed by atoms with Crippen LogP contribution >= 0.6 is 11.6 Å². The van der Waals surface area contributed by atoms with E-state index in [1.165, 1.54) is 0 Å². The molecule has 0 radical (unpaired) electrons. The minimum absolute atomic E-state index is 0.00821. The molecule has 1 fully saturated rings. The molecule has 0 bridgehead atoms.